The summed E-state index contributed by atoms with van der Waals surface area (Å²) in [6.07, 6.45) is -7.87. The first-order valence-electron chi connectivity index (χ1n) is 18.5. The number of aromatic nitrogens is 2. The lowest BCUT2D eigenvalue weighted by atomic mass is 10.1. The van der Waals surface area contributed by atoms with Gasteiger partial charge in [0.1, 0.15) is 40.2 Å². The minimum absolute atomic E-state index is 0. The molecule has 0 amide bonds. The number of alkyl halides is 7. The van der Waals surface area contributed by atoms with Crippen LogP contribution in [0.1, 0.15) is 73.3 Å². The number of aliphatic carboxylic acids is 1. The van der Waals surface area contributed by atoms with Crippen LogP contribution in [-0.4, -0.2) is 52.4 Å². The van der Waals surface area contributed by atoms with Crippen LogP contribution in [0.15, 0.2) is 106 Å². The van der Waals surface area contributed by atoms with Crippen molar-refractivity contribution >= 4 is 51.1 Å². The zero-order chi connectivity index (χ0) is 47.2. The molecule has 0 aliphatic rings. The molecular formula is C45H45BrCl2F6N2O10. The summed E-state index contributed by atoms with van der Waals surface area (Å²) in [7, 11) is 1.17. The third-order valence-corrected chi connectivity index (χ3v) is 9.65. The second-order valence-corrected chi connectivity index (χ2v) is 14.6. The van der Waals surface area contributed by atoms with E-state index in [-0.39, 0.29) is 55.5 Å². The molecule has 2 unspecified atom stereocenters. The van der Waals surface area contributed by atoms with Crippen LogP contribution in [0.3, 0.4) is 0 Å². The number of carboxylic acids is 1. The van der Waals surface area contributed by atoms with Crippen LogP contribution in [-0.2, 0) is 49.4 Å². The Kier molecular flexibility index (Phi) is 22.2. The first kappa shape index (κ1) is 56.5. The van der Waals surface area contributed by atoms with Gasteiger partial charge in [0, 0.05) is 28.8 Å². The average molecular weight is 1040 g/mol. The Hall–Kier alpha value is -5.60. The Balaban J connectivity index is 0.000000364. The van der Waals surface area contributed by atoms with Gasteiger partial charge in [0.2, 0.25) is 17.9 Å². The number of rotatable bonds is 14. The molecule has 0 saturated carbocycles. The van der Waals surface area contributed by atoms with E-state index >= 15 is 0 Å². The number of carbonyl (C=O) groups is 2. The highest BCUT2D eigenvalue weighted by molar-refractivity contribution is 9.09. The molecule has 0 radical (unpaired) electrons. The minimum atomic E-state index is -4.63. The van der Waals surface area contributed by atoms with E-state index in [0.717, 1.165) is 30.3 Å². The predicted octanol–water partition coefficient (Wildman–Crippen LogP) is 13.6. The molecule has 358 valence electrons. The molecule has 21 heteroatoms. The number of methoxy groups -OCH3 is 1. The molecule has 0 bridgehead atoms. The molecule has 6 rings (SSSR count). The van der Waals surface area contributed by atoms with E-state index < -0.39 is 46.3 Å². The molecule has 6 aromatic rings. The monoisotopic (exact) mass is 1040 g/mol. The number of carboxylic acid groups (broad SMARTS) is 1. The normalized spacial score (nSPS) is 11.9. The van der Waals surface area contributed by atoms with Gasteiger partial charge in [-0.15, -0.1) is 0 Å². The molecular weight excluding hydrogens is 993 g/mol. The summed E-state index contributed by atoms with van der Waals surface area (Å²) in [4.78, 5) is 30.5. The highest BCUT2D eigenvalue weighted by atomic mass is 79.9. The van der Waals surface area contributed by atoms with Gasteiger partial charge in [-0.25, -0.2) is 14.8 Å². The maximum absolute atomic E-state index is 13.0. The average Bonchev–Trinajstić information content (AvgIpc) is 3.95. The van der Waals surface area contributed by atoms with E-state index in [0.29, 0.717) is 52.7 Å². The molecule has 66 heavy (non-hydrogen) atoms. The summed E-state index contributed by atoms with van der Waals surface area (Å²) in [5.41, 5.74) is 0.155. The van der Waals surface area contributed by atoms with Crippen LogP contribution in [0.2, 0.25) is 10.0 Å². The Labute approximate surface area is 394 Å². The molecule has 0 saturated heterocycles. The quantitative estimate of drug-likeness (QED) is 0.0604. The van der Waals surface area contributed by atoms with Crippen molar-refractivity contribution in [3.8, 4) is 34.4 Å². The van der Waals surface area contributed by atoms with E-state index in [1.54, 1.807) is 12.1 Å². The number of oxazole rings is 2. The number of hydrogen-bond donors (Lipinski definition) is 2. The van der Waals surface area contributed by atoms with Gasteiger partial charge < -0.3 is 38.0 Å². The van der Waals surface area contributed by atoms with Crippen molar-refractivity contribution in [3.05, 3.63) is 141 Å². The van der Waals surface area contributed by atoms with Crippen molar-refractivity contribution in [2.24, 2.45) is 0 Å². The smallest absolute Gasteiger partial charge is 0.416 e. The lowest BCUT2D eigenvalue weighted by Crippen LogP contribution is -2.19. The molecule has 0 aliphatic heterocycles. The van der Waals surface area contributed by atoms with Crippen molar-refractivity contribution in [1.82, 2.24) is 9.97 Å². The molecule has 12 nitrogen and oxygen atoms in total. The van der Waals surface area contributed by atoms with Gasteiger partial charge in [-0.05, 0) is 74.0 Å². The first-order chi connectivity index (χ1) is 30.2. The number of hydrogen-bond acceptors (Lipinski definition) is 11. The fraction of sp³-hybridized carbons (Fsp3) is 0.289. The second-order valence-electron chi connectivity index (χ2n) is 12.8. The highest BCUT2D eigenvalue weighted by Gasteiger charge is 2.33. The number of halogens is 9. The van der Waals surface area contributed by atoms with Crippen LogP contribution in [0, 0.1) is 0 Å². The number of aromatic hydroxyl groups is 1. The number of nitrogens with zero attached hydrogens (tertiary/aromatic N) is 2. The van der Waals surface area contributed by atoms with Crippen molar-refractivity contribution in [2.75, 3.05) is 20.3 Å². The van der Waals surface area contributed by atoms with E-state index in [9.17, 15) is 46.1 Å². The van der Waals surface area contributed by atoms with E-state index in [2.05, 4.69) is 30.6 Å². The number of phenolic OH excluding ortho intramolecular Hbond substituents is 1. The lowest BCUT2D eigenvalue weighted by Gasteiger charge is -2.18. The minimum Gasteiger partial charge on any atom is -0.507 e. The Morgan fingerprint density at radius 3 is 1.68 bits per heavy atom. The standard InChI is InChI=1S/C21H17ClF3NO5.C12H12ClNO3.C10H8BrF3O2.2CH4/c1-2-29-10-15-11-30-19(26-15)16-9-14(22)6-7-17(16)31-18(20(27)28)12-4-3-5-13(8-12)21(23,24)25;1-2-16-6-9-7-17-12(14-9)10-5-8(13)3-4-11(10)15;1-16-9(15)8(11)6-3-2-4-7(5-6)10(12,13)14;;/h3-9,11,18H,2,10H2,1H3,(H,27,28);3-5,7,15H,2,6H2,1H3;2-5,8H,1H3;2*1H4. The summed E-state index contributed by atoms with van der Waals surface area (Å²) >= 11 is 14.9. The maximum atomic E-state index is 13.0. The second kappa shape index (κ2) is 25.9. The van der Waals surface area contributed by atoms with Gasteiger partial charge in [-0.1, -0.05) is 84.3 Å². The van der Waals surface area contributed by atoms with Crippen LogP contribution < -0.4 is 4.74 Å². The maximum Gasteiger partial charge on any atom is 0.416 e. The Bertz CT molecular complexity index is 2480. The van der Waals surface area contributed by atoms with Gasteiger partial charge >= 0.3 is 24.3 Å². The summed E-state index contributed by atoms with van der Waals surface area (Å²) in [5, 5.41) is 20.1. The van der Waals surface area contributed by atoms with Crippen molar-refractivity contribution in [1.29, 1.82) is 0 Å². The Morgan fingerprint density at radius 2 is 1.20 bits per heavy atom. The number of carbonyl (C=O) groups excluding carboxylic acids is 1. The zero-order valence-electron chi connectivity index (χ0n) is 33.7. The molecule has 0 aliphatic carbocycles. The van der Waals surface area contributed by atoms with Gasteiger partial charge in [-0.2, -0.15) is 26.3 Å². The molecule has 2 N–H and O–H groups in total. The summed E-state index contributed by atoms with van der Waals surface area (Å²) in [5.74, 6) is -1.57. The van der Waals surface area contributed by atoms with E-state index in [1.807, 2.05) is 13.8 Å². The number of benzene rings is 4. The van der Waals surface area contributed by atoms with Crippen LogP contribution >= 0.6 is 39.1 Å². The summed E-state index contributed by atoms with van der Waals surface area (Å²) in [6.45, 7) is 5.42. The summed E-state index contributed by atoms with van der Waals surface area (Å²) < 4.78 is 107. The zero-order valence-corrected chi connectivity index (χ0v) is 36.8. The van der Waals surface area contributed by atoms with Crippen LogP contribution in [0.25, 0.3) is 22.9 Å². The van der Waals surface area contributed by atoms with Crippen LogP contribution in [0.4, 0.5) is 26.3 Å². The predicted molar refractivity (Wildman–Crippen MR) is 237 cm³/mol. The highest BCUT2D eigenvalue weighted by Crippen LogP contribution is 2.38. The van der Waals surface area contributed by atoms with E-state index in [4.69, 9.17) is 46.2 Å². The molecule has 2 aromatic heterocycles. The van der Waals surface area contributed by atoms with Gasteiger partial charge in [-0.3, -0.25) is 4.79 Å². The largest absolute Gasteiger partial charge is 0.507 e. The number of phenols is 1. The lowest BCUT2D eigenvalue weighted by molar-refractivity contribution is -0.146. The molecule has 0 fully saturated rings. The third kappa shape index (κ3) is 16.4. The van der Waals surface area contributed by atoms with Crippen molar-refractivity contribution in [3.63, 3.8) is 0 Å². The SMILES string of the molecule is C.C.CCOCc1coc(-c2cc(Cl)ccc2O)n1.CCOCc1coc(-c2cc(Cl)ccc2OC(C(=O)O)c2cccc(C(F)(F)F)c2)n1.COC(=O)C(Br)c1cccc(C(F)(F)F)c1. The fourth-order valence-corrected chi connectivity index (χ4v) is 6.05. The molecule has 0 spiro atoms. The summed E-state index contributed by atoms with van der Waals surface area (Å²) in [6, 6.07) is 17.5. The molecule has 2 atom stereocenters. The van der Waals surface area contributed by atoms with Gasteiger partial charge in [0.15, 0.2) is 0 Å². The van der Waals surface area contributed by atoms with Gasteiger partial charge in [0.05, 0.1) is 42.6 Å². The number of esters is 1. The van der Waals surface area contributed by atoms with E-state index in [1.165, 1.54) is 62.1 Å². The Morgan fingerprint density at radius 1 is 0.727 bits per heavy atom. The van der Waals surface area contributed by atoms with Gasteiger partial charge in [0.25, 0.3) is 0 Å². The topological polar surface area (TPSA) is 164 Å². The van der Waals surface area contributed by atoms with Crippen molar-refractivity contribution < 1.29 is 73.9 Å². The third-order valence-electron chi connectivity index (χ3n) is 8.27. The first-order valence-corrected chi connectivity index (χ1v) is 20.2. The van der Waals surface area contributed by atoms with Crippen molar-refractivity contribution in [2.45, 2.75) is 65.2 Å². The number of ether oxygens (including phenoxy) is 4. The fourth-order valence-electron chi connectivity index (χ4n) is 5.24. The molecule has 4 aromatic carbocycles. The van der Waals surface area contributed by atoms with Crippen LogP contribution in [0.5, 0.6) is 11.5 Å². The molecule has 2 heterocycles.